The minimum absolute atomic E-state index is 0.168. The van der Waals surface area contributed by atoms with Crippen LogP contribution in [0.1, 0.15) is 58.3 Å². The Morgan fingerprint density at radius 3 is 2.54 bits per heavy atom. The van der Waals surface area contributed by atoms with Crippen molar-refractivity contribution in [2.75, 3.05) is 11.9 Å². The highest BCUT2D eigenvalue weighted by atomic mass is 32.2. The van der Waals surface area contributed by atoms with E-state index in [9.17, 15) is 18.0 Å². The van der Waals surface area contributed by atoms with Crippen molar-refractivity contribution in [1.82, 2.24) is 19.6 Å². The number of amides is 3. The van der Waals surface area contributed by atoms with Crippen LogP contribution in [0, 0.1) is 0 Å². The van der Waals surface area contributed by atoms with Crippen molar-refractivity contribution in [3.05, 3.63) is 69.9 Å². The molecule has 0 radical (unpaired) electrons. The number of anilines is 1. The molecule has 0 unspecified atom stereocenters. The van der Waals surface area contributed by atoms with Gasteiger partial charge < -0.3 is 15.2 Å². The van der Waals surface area contributed by atoms with Gasteiger partial charge in [-0.15, -0.1) is 0 Å². The predicted molar refractivity (Wildman–Crippen MR) is 141 cm³/mol. The lowest BCUT2D eigenvalue weighted by molar-refractivity contribution is 0.0761. The third-order valence-corrected chi connectivity index (χ3v) is 8.64. The largest absolute Gasteiger partial charge is 0.345 e. The van der Waals surface area contributed by atoms with E-state index in [2.05, 4.69) is 26.1 Å². The van der Waals surface area contributed by atoms with E-state index in [0.717, 1.165) is 78.2 Å². The van der Waals surface area contributed by atoms with E-state index in [1.165, 1.54) is 17.2 Å². The lowest BCUT2D eigenvalue weighted by Gasteiger charge is -2.22. The third kappa shape index (κ3) is 4.61. The fourth-order valence-corrected chi connectivity index (χ4v) is 6.71. The number of aromatic amines is 1. The zero-order valence-electron chi connectivity index (χ0n) is 20.4. The number of H-pyrrole nitrogens is 1. The molecule has 6 rings (SSSR count). The molecule has 2 heterocycles. The van der Waals surface area contributed by atoms with E-state index in [-0.39, 0.29) is 11.9 Å². The highest BCUT2D eigenvalue weighted by molar-refractivity contribution is 7.92. The molecular weight excluding hydrogens is 490 g/mol. The fourth-order valence-electron chi connectivity index (χ4n) is 5.94. The molecule has 1 aliphatic heterocycles. The van der Waals surface area contributed by atoms with Crippen LogP contribution < -0.4 is 10.0 Å². The van der Waals surface area contributed by atoms with Crippen LogP contribution in [0.4, 0.5) is 10.5 Å². The van der Waals surface area contributed by atoms with Crippen molar-refractivity contribution in [3.63, 3.8) is 0 Å². The molecule has 192 valence electrons. The number of fused-ring (bicyclic) bond motifs is 3. The predicted octanol–water partition coefficient (Wildman–Crippen LogP) is 3.81. The second-order valence-corrected chi connectivity index (χ2v) is 11.6. The zero-order chi connectivity index (χ0) is 25.6. The minimum Gasteiger partial charge on any atom is -0.345 e. The molecule has 1 atom stereocenters. The number of likely N-dealkylation sites (tertiary alicyclic amines) is 1. The number of nitrogens with zero attached hydrogens (tertiary/aromatic N) is 2. The number of rotatable bonds is 5. The van der Waals surface area contributed by atoms with Gasteiger partial charge in [0.2, 0.25) is 0 Å². The summed E-state index contributed by atoms with van der Waals surface area (Å²) in [6.45, 7) is 0.535. The van der Waals surface area contributed by atoms with Crippen LogP contribution in [0.15, 0.2) is 42.1 Å². The maximum atomic E-state index is 13.1. The van der Waals surface area contributed by atoms with E-state index in [4.69, 9.17) is 0 Å². The third-order valence-electron chi connectivity index (χ3n) is 7.65. The van der Waals surface area contributed by atoms with Gasteiger partial charge in [0.25, 0.3) is 15.9 Å². The van der Waals surface area contributed by atoms with Crippen LogP contribution >= 0.6 is 0 Å². The van der Waals surface area contributed by atoms with Gasteiger partial charge in [0.1, 0.15) is 0 Å². The Morgan fingerprint density at radius 2 is 1.78 bits per heavy atom. The Bertz CT molecular complexity index is 1510. The topological polar surface area (TPSA) is 124 Å². The van der Waals surface area contributed by atoms with Crippen molar-refractivity contribution >= 4 is 38.7 Å². The number of benzene rings is 2. The van der Waals surface area contributed by atoms with Gasteiger partial charge in [-0.3, -0.25) is 4.79 Å². The van der Waals surface area contributed by atoms with Crippen molar-refractivity contribution in [1.29, 1.82) is 0 Å². The van der Waals surface area contributed by atoms with Gasteiger partial charge in [0.05, 0.1) is 23.4 Å². The summed E-state index contributed by atoms with van der Waals surface area (Å²) in [4.78, 5) is 34.7. The number of sulfonamides is 1. The van der Waals surface area contributed by atoms with Gasteiger partial charge in [0.15, 0.2) is 0 Å². The van der Waals surface area contributed by atoms with Crippen LogP contribution in [-0.4, -0.2) is 47.8 Å². The van der Waals surface area contributed by atoms with E-state index in [1.807, 2.05) is 0 Å². The molecular formula is C27H29N5O4S. The molecule has 3 aliphatic rings. The van der Waals surface area contributed by atoms with E-state index in [1.54, 1.807) is 29.4 Å². The van der Waals surface area contributed by atoms with Gasteiger partial charge in [-0.05, 0) is 97.9 Å². The molecule has 1 fully saturated rings. The van der Waals surface area contributed by atoms with E-state index in [0.29, 0.717) is 18.5 Å². The van der Waals surface area contributed by atoms with Gasteiger partial charge >= 0.3 is 6.03 Å². The summed E-state index contributed by atoms with van der Waals surface area (Å²) in [5.74, 6) is -0.168. The summed E-state index contributed by atoms with van der Waals surface area (Å²) in [7, 11) is -4.05. The summed E-state index contributed by atoms with van der Waals surface area (Å²) >= 11 is 0. The molecule has 3 amide bonds. The molecule has 1 saturated heterocycles. The highest BCUT2D eigenvalue weighted by Gasteiger charge is 2.29. The smallest absolute Gasteiger partial charge is 0.333 e. The van der Waals surface area contributed by atoms with Crippen LogP contribution in [-0.2, 0) is 35.7 Å². The SMILES string of the molecule is O=C(Nc1c2c(cc3c1CCC3)CCC2)NS(=O)(=O)/C=C/[C@@H]1CCCN1C(=O)c1ccc2nc[nH]c2c1. The first kappa shape index (κ1) is 23.7. The molecule has 0 bridgehead atoms. The molecule has 9 nitrogen and oxygen atoms in total. The number of aromatic nitrogens is 2. The van der Waals surface area contributed by atoms with Gasteiger partial charge in [-0.25, -0.2) is 22.9 Å². The van der Waals surface area contributed by atoms with Gasteiger partial charge in [-0.2, -0.15) is 0 Å². The molecule has 0 saturated carbocycles. The number of hydrogen-bond acceptors (Lipinski definition) is 5. The number of aryl methyl sites for hydroxylation is 2. The average molecular weight is 520 g/mol. The standard InChI is InChI=1S/C27H29N5O4S/c33-26(19-9-10-23-24(15-19)29-16-28-23)32-12-3-6-20(32)11-13-37(35,36)31-27(34)30-25-21-7-1-4-17(21)14-18-5-2-8-22(18)25/h9-11,13-16,20H,1-8,12H2,(H,28,29)(H2,30,31,34)/b13-11+/t20-/m0/s1. The first-order valence-electron chi connectivity index (χ1n) is 12.8. The second kappa shape index (κ2) is 9.33. The summed E-state index contributed by atoms with van der Waals surface area (Å²) in [5, 5.41) is 3.85. The Hall–Kier alpha value is -3.66. The molecule has 37 heavy (non-hydrogen) atoms. The maximum absolute atomic E-state index is 13.1. The van der Waals surface area contributed by atoms with Crippen molar-refractivity contribution in [2.24, 2.45) is 0 Å². The monoisotopic (exact) mass is 519 g/mol. The average Bonchev–Trinajstić information content (AvgIpc) is 3.67. The summed E-state index contributed by atoms with van der Waals surface area (Å²) in [6, 6.07) is 6.39. The van der Waals surface area contributed by atoms with E-state index >= 15 is 0 Å². The van der Waals surface area contributed by atoms with Gasteiger partial charge in [0, 0.05) is 23.2 Å². The van der Waals surface area contributed by atoms with Crippen LogP contribution in [0.2, 0.25) is 0 Å². The molecule has 0 spiro atoms. The lowest BCUT2D eigenvalue weighted by atomic mass is 9.99. The number of carbonyl (C=O) groups is 2. The minimum atomic E-state index is -4.05. The molecule has 2 aliphatic carbocycles. The Kier molecular flexibility index (Phi) is 5.98. The molecule has 2 aromatic carbocycles. The number of urea groups is 1. The van der Waals surface area contributed by atoms with Crippen molar-refractivity contribution < 1.29 is 18.0 Å². The fraction of sp³-hybridized carbons (Fsp3) is 0.370. The highest BCUT2D eigenvalue weighted by Crippen LogP contribution is 2.38. The zero-order valence-corrected chi connectivity index (χ0v) is 21.2. The summed E-state index contributed by atoms with van der Waals surface area (Å²) < 4.78 is 27.6. The van der Waals surface area contributed by atoms with Crippen molar-refractivity contribution in [3.8, 4) is 0 Å². The molecule has 3 N–H and O–H groups in total. The first-order valence-corrected chi connectivity index (χ1v) is 14.4. The number of imidazole rings is 1. The number of hydrogen-bond donors (Lipinski definition) is 3. The maximum Gasteiger partial charge on any atom is 0.333 e. The lowest BCUT2D eigenvalue weighted by Crippen LogP contribution is -2.36. The van der Waals surface area contributed by atoms with E-state index < -0.39 is 16.1 Å². The second-order valence-electron chi connectivity index (χ2n) is 10.0. The summed E-state index contributed by atoms with van der Waals surface area (Å²) in [5.41, 5.74) is 7.64. The van der Waals surface area contributed by atoms with Crippen LogP contribution in [0.5, 0.6) is 0 Å². The van der Waals surface area contributed by atoms with Crippen LogP contribution in [0.25, 0.3) is 11.0 Å². The Morgan fingerprint density at radius 1 is 1.03 bits per heavy atom. The Balaban J connectivity index is 1.14. The number of nitrogens with one attached hydrogen (secondary N) is 3. The first-order chi connectivity index (χ1) is 17.9. The molecule has 1 aromatic heterocycles. The van der Waals surface area contributed by atoms with Crippen molar-refractivity contribution in [2.45, 2.75) is 57.4 Å². The molecule has 10 heteroatoms. The molecule has 3 aromatic rings. The number of carbonyl (C=O) groups excluding carboxylic acids is 2. The summed E-state index contributed by atoms with van der Waals surface area (Å²) in [6.07, 6.45) is 10.3. The van der Waals surface area contributed by atoms with Crippen LogP contribution in [0.3, 0.4) is 0 Å². The quantitative estimate of drug-likeness (QED) is 0.473. The van der Waals surface area contributed by atoms with Gasteiger partial charge in [-0.1, -0.05) is 6.07 Å². The Labute approximate surface area is 215 Å². The normalized spacial score (nSPS) is 18.9.